The number of hydrogen-bond acceptors (Lipinski definition) is 4. The Kier molecular flexibility index (Phi) is 4.27. The van der Waals surface area contributed by atoms with E-state index in [1.54, 1.807) is 12.1 Å². The molecular weight excluding hydrogens is 282 g/mol. The second-order valence-corrected chi connectivity index (χ2v) is 6.02. The number of benzene rings is 1. The molecule has 0 amide bonds. The van der Waals surface area contributed by atoms with Crippen molar-refractivity contribution in [3.05, 3.63) is 28.2 Å². The predicted octanol–water partition coefficient (Wildman–Crippen LogP) is 1.50. The molecule has 0 aromatic heterocycles. The third kappa shape index (κ3) is 3.90. The van der Waals surface area contributed by atoms with Crippen LogP contribution in [0.1, 0.15) is 5.56 Å². The number of halogens is 1. The fourth-order valence-electron chi connectivity index (χ4n) is 1.09. The second-order valence-electron chi connectivity index (χ2n) is 3.09. The summed E-state index contributed by atoms with van der Waals surface area (Å²) in [7, 11) is -1.66. The molecule has 0 radical (unpaired) electrons. The zero-order chi connectivity index (χ0) is 11.5. The molecule has 0 saturated heterocycles. The second kappa shape index (κ2) is 5.07. The highest BCUT2D eigenvalue weighted by molar-refractivity contribution is 9.10. The summed E-state index contributed by atoms with van der Waals surface area (Å²) in [6.45, 7) is 0.457. The van der Waals surface area contributed by atoms with Gasteiger partial charge < -0.3 is 4.84 Å². The van der Waals surface area contributed by atoms with Gasteiger partial charge in [0.1, 0.15) is 0 Å². The van der Waals surface area contributed by atoms with E-state index in [-0.39, 0.29) is 0 Å². The van der Waals surface area contributed by atoms with E-state index in [0.717, 1.165) is 10.0 Å². The number of hydroxylamine groups is 1. The largest absolute Gasteiger partial charge is 0.305 e. The van der Waals surface area contributed by atoms with E-state index in [1.165, 1.54) is 13.4 Å². The average Bonchev–Trinajstić information content (AvgIpc) is 2.12. The van der Waals surface area contributed by atoms with Crippen LogP contribution in [0.25, 0.3) is 0 Å². The molecule has 15 heavy (non-hydrogen) atoms. The summed E-state index contributed by atoms with van der Waals surface area (Å²) in [4.78, 5) is 4.99. The Labute approximate surface area is 97.6 Å². The smallest absolute Gasteiger partial charge is 0.175 e. The highest BCUT2D eigenvalue weighted by Crippen LogP contribution is 2.19. The van der Waals surface area contributed by atoms with Crippen LogP contribution in [0.4, 0.5) is 0 Å². The topological polar surface area (TPSA) is 55.4 Å². The van der Waals surface area contributed by atoms with Gasteiger partial charge in [-0.2, -0.15) is 5.48 Å². The lowest BCUT2D eigenvalue weighted by molar-refractivity contribution is 0.0866. The first-order chi connectivity index (χ1) is 6.93. The van der Waals surface area contributed by atoms with Crippen molar-refractivity contribution >= 4 is 25.8 Å². The van der Waals surface area contributed by atoms with E-state index in [2.05, 4.69) is 21.4 Å². The summed E-state index contributed by atoms with van der Waals surface area (Å²) in [6, 6.07) is 5.03. The molecule has 0 heterocycles. The molecule has 0 aliphatic carbocycles. The molecule has 0 fully saturated rings. The van der Waals surface area contributed by atoms with Crippen LogP contribution < -0.4 is 5.48 Å². The van der Waals surface area contributed by atoms with E-state index >= 15 is 0 Å². The molecule has 4 nitrogen and oxygen atoms in total. The van der Waals surface area contributed by atoms with Crippen molar-refractivity contribution in [1.82, 2.24) is 5.48 Å². The maximum Gasteiger partial charge on any atom is 0.175 e. The van der Waals surface area contributed by atoms with Crippen LogP contribution in [-0.4, -0.2) is 21.8 Å². The van der Waals surface area contributed by atoms with Crippen molar-refractivity contribution in [2.45, 2.75) is 11.4 Å². The van der Waals surface area contributed by atoms with Crippen LogP contribution in [0.5, 0.6) is 0 Å². The van der Waals surface area contributed by atoms with Gasteiger partial charge in [0, 0.05) is 17.3 Å². The van der Waals surface area contributed by atoms with Crippen molar-refractivity contribution in [2.24, 2.45) is 0 Å². The molecular formula is C9H12BrNO3S. The van der Waals surface area contributed by atoms with Crippen molar-refractivity contribution < 1.29 is 13.3 Å². The van der Waals surface area contributed by atoms with Crippen molar-refractivity contribution in [2.75, 3.05) is 13.4 Å². The minimum Gasteiger partial charge on any atom is -0.305 e. The first-order valence-electron chi connectivity index (χ1n) is 4.19. The van der Waals surface area contributed by atoms with E-state index < -0.39 is 9.84 Å². The summed E-state index contributed by atoms with van der Waals surface area (Å²) in [5.74, 6) is 0. The van der Waals surface area contributed by atoms with Crippen LogP contribution in [0.3, 0.4) is 0 Å². The quantitative estimate of drug-likeness (QED) is 0.855. The van der Waals surface area contributed by atoms with E-state index in [0.29, 0.717) is 11.4 Å². The summed E-state index contributed by atoms with van der Waals surface area (Å²) in [5, 5.41) is 0. The van der Waals surface area contributed by atoms with Crippen molar-refractivity contribution in [3.63, 3.8) is 0 Å². The Balaban J connectivity index is 3.06. The Morgan fingerprint density at radius 2 is 2.07 bits per heavy atom. The third-order valence-electron chi connectivity index (χ3n) is 1.78. The van der Waals surface area contributed by atoms with Gasteiger partial charge in [0.15, 0.2) is 9.84 Å². The maximum absolute atomic E-state index is 11.3. The Morgan fingerprint density at radius 3 is 2.60 bits per heavy atom. The van der Waals surface area contributed by atoms with Gasteiger partial charge in [0.05, 0.1) is 12.0 Å². The van der Waals surface area contributed by atoms with Gasteiger partial charge in [-0.05, 0) is 23.8 Å². The van der Waals surface area contributed by atoms with Gasteiger partial charge in [-0.1, -0.05) is 15.9 Å². The van der Waals surface area contributed by atoms with E-state index in [9.17, 15) is 8.42 Å². The van der Waals surface area contributed by atoms with Gasteiger partial charge in [-0.25, -0.2) is 8.42 Å². The molecule has 0 aliphatic rings. The monoisotopic (exact) mass is 293 g/mol. The minimum atomic E-state index is -3.17. The number of sulfone groups is 1. The lowest BCUT2D eigenvalue weighted by atomic mass is 10.2. The molecule has 0 spiro atoms. The maximum atomic E-state index is 11.3. The Bertz CT molecular complexity index is 445. The fraction of sp³-hybridized carbons (Fsp3) is 0.333. The zero-order valence-corrected chi connectivity index (χ0v) is 10.9. The van der Waals surface area contributed by atoms with Crippen LogP contribution in [-0.2, 0) is 21.2 Å². The van der Waals surface area contributed by atoms with E-state index in [4.69, 9.17) is 4.84 Å². The first-order valence-corrected chi connectivity index (χ1v) is 6.87. The van der Waals surface area contributed by atoms with Crippen LogP contribution in [0.2, 0.25) is 0 Å². The van der Waals surface area contributed by atoms with Gasteiger partial charge in [0.25, 0.3) is 0 Å². The predicted molar refractivity (Wildman–Crippen MR) is 61.1 cm³/mol. The molecule has 6 heteroatoms. The molecule has 1 N–H and O–H groups in total. The molecule has 0 bridgehead atoms. The fourth-order valence-corrected chi connectivity index (χ4v) is 2.49. The van der Waals surface area contributed by atoms with Crippen LogP contribution in [0, 0.1) is 0 Å². The first kappa shape index (κ1) is 12.6. The normalized spacial score (nSPS) is 11.7. The molecule has 0 saturated carbocycles. The van der Waals surface area contributed by atoms with Gasteiger partial charge >= 0.3 is 0 Å². The van der Waals surface area contributed by atoms with Crippen LogP contribution >= 0.6 is 15.9 Å². The van der Waals surface area contributed by atoms with Gasteiger partial charge in [-0.3, -0.25) is 0 Å². The molecule has 1 aromatic rings. The van der Waals surface area contributed by atoms with Crippen molar-refractivity contribution in [1.29, 1.82) is 0 Å². The van der Waals surface area contributed by atoms with E-state index in [1.807, 2.05) is 6.07 Å². The average molecular weight is 294 g/mol. The highest BCUT2D eigenvalue weighted by atomic mass is 79.9. The Morgan fingerprint density at radius 1 is 1.40 bits per heavy atom. The van der Waals surface area contributed by atoms with Crippen molar-refractivity contribution in [3.8, 4) is 0 Å². The lowest BCUT2D eigenvalue weighted by Crippen LogP contribution is -2.11. The highest BCUT2D eigenvalue weighted by Gasteiger charge is 2.09. The molecule has 84 valence electrons. The summed E-state index contributed by atoms with van der Waals surface area (Å²) in [6.07, 6.45) is 1.18. The minimum absolute atomic E-state index is 0.296. The summed E-state index contributed by atoms with van der Waals surface area (Å²) < 4.78 is 23.4. The zero-order valence-electron chi connectivity index (χ0n) is 8.45. The molecule has 0 unspecified atom stereocenters. The third-order valence-corrected chi connectivity index (χ3v) is 3.33. The number of nitrogens with one attached hydrogen (secondary N) is 1. The molecule has 0 atom stereocenters. The van der Waals surface area contributed by atoms with Gasteiger partial charge in [0.2, 0.25) is 0 Å². The number of rotatable bonds is 4. The standard InChI is InChI=1S/C9H12BrNO3S/c1-14-11-6-7-3-8(10)5-9(4-7)15(2,12)13/h3-5,11H,6H2,1-2H3. The molecule has 0 aliphatic heterocycles. The van der Waals surface area contributed by atoms with Crippen LogP contribution in [0.15, 0.2) is 27.6 Å². The molecule has 1 aromatic carbocycles. The summed E-state index contributed by atoms with van der Waals surface area (Å²) in [5.41, 5.74) is 3.49. The SMILES string of the molecule is CONCc1cc(Br)cc(S(C)(=O)=O)c1. The number of hydrogen-bond donors (Lipinski definition) is 1. The lowest BCUT2D eigenvalue weighted by Gasteiger charge is -2.05. The Hall–Kier alpha value is -0.430. The summed E-state index contributed by atoms with van der Waals surface area (Å²) >= 11 is 3.26. The van der Waals surface area contributed by atoms with Gasteiger partial charge in [-0.15, -0.1) is 0 Å². The molecule has 1 rings (SSSR count).